The van der Waals surface area contributed by atoms with Gasteiger partial charge in [0, 0.05) is 12.3 Å². The quantitative estimate of drug-likeness (QED) is 0.705. The molecule has 0 saturated carbocycles. The summed E-state index contributed by atoms with van der Waals surface area (Å²) in [7, 11) is 0. The van der Waals surface area contributed by atoms with Crippen LogP contribution in [0.2, 0.25) is 0 Å². The van der Waals surface area contributed by atoms with Crippen LogP contribution in [-0.2, 0) is 23.7 Å². The number of halogens is 1. The summed E-state index contributed by atoms with van der Waals surface area (Å²) in [5, 5.41) is 0. The Balaban J connectivity index is 1.84. The van der Waals surface area contributed by atoms with Crippen molar-refractivity contribution in [3.8, 4) is 0 Å². The van der Waals surface area contributed by atoms with Gasteiger partial charge in [-0.3, -0.25) is 19.1 Å². The van der Waals surface area contributed by atoms with Crippen molar-refractivity contribution in [3.63, 3.8) is 0 Å². The lowest BCUT2D eigenvalue weighted by Crippen LogP contribution is -2.43. The van der Waals surface area contributed by atoms with Crippen molar-refractivity contribution in [1.29, 1.82) is 0 Å². The van der Waals surface area contributed by atoms with Crippen LogP contribution < -0.4 is 11.2 Å². The van der Waals surface area contributed by atoms with E-state index in [9.17, 15) is 19.2 Å². The zero-order valence-corrected chi connectivity index (χ0v) is 14.7. The molecule has 0 spiro atoms. The molecule has 2 saturated heterocycles. The number of alkyl halides is 1. The van der Waals surface area contributed by atoms with E-state index in [1.54, 1.807) is 13.8 Å². The molecule has 0 aromatic carbocycles. The highest BCUT2D eigenvalue weighted by Gasteiger charge is 2.65. The second-order valence-electron chi connectivity index (χ2n) is 6.30. The summed E-state index contributed by atoms with van der Waals surface area (Å²) >= 11 is 0. The minimum absolute atomic E-state index is 0.397. The molecule has 1 aromatic heterocycles. The maximum absolute atomic E-state index is 15.4. The highest BCUT2D eigenvalue weighted by molar-refractivity contribution is 5.72. The minimum Gasteiger partial charge on any atom is -0.459 e. The molecular weight excluding hydrogens is 367 g/mol. The summed E-state index contributed by atoms with van der Waals surface area (Å²) in [6, 6.07) is 1.03. The molecule has 10 nitrogen and oxygen atoms in total. The SMILES string of the molecule is CCC(CC)C(=O)OC[C@@]1(F)O[C@@H](n2ccc(=O)[nH]c2=O)[C@@H]2OC(=O)O[C@@H]21. The average molecular weight is 386 g/mol. The molecule has 1 aromatic rings. The van der Waals surface area contributed by atoms with Crippen LogP contribution in [0.15, 0.2) is 21.9 Å². The first kappa shape index (κ1) is 19.1. The largest absolute Gasteiger partial charge is 0.509 e. The van der Waals surface area contributed by atoms with E-state index >= 15 is 4.39 Å². The standard InChI is InChI=1S/C16H19FN2O8/c1-3-8(4-2)13(21)24-7-16(17)11-10(25-15(23)26-11)12(27-16)19-6-5-9(20)18-14(19)22/h5-6,8,10-12H,3-4,7H2,1-2H3,(H,18,20,22)/t10-,11+,12-,16-/m1/s1. The van der Waals surface area contributed by atoms with Gasteiger partial charge in [0.05, 0.1) is 5.92 Å². The molecule has 0 bridgehead atoms. The summed E-state index contributed by atoms with van der Waals surface area (Å²) in [5.74, 6) is -3.71. The van der Waals surface area contributed by atoms with E-state index < -0.39 is 60.2 Å². The second-order valence-corrected chi connectivity index (χ2v) is 6.30. The summed E-state index contributed by atoms with van der Waals surface area (Å²) in [5.41, 5.74) is -1.54. The zero-order valence-electron chi connectivity index (χ0n) is 14.7. The van der Waals surface area contributed by atoms with Crippen LogP contribution in [0.25, 0.3) is 0 Å². The van der Waals surface area contributed by atoms with Gasteiger partial charge in [0.1, 0.15) is 0 Å². The van der Waals surface area contributed by atoms with E-state index in [1.165, 1.54) is 0 Å². The number of H-pyrrole nitrogens is 1. The number of carbonyl (C=O) groups excluding carboxylic acids is 2. The Bertz CT molecular complexity index is 847. The van der Waals surface area contributed by atoms with Crippen LogP contribution in [0, 0.1) is 5.92 Å². The number of carbonyl (C=O) groups is 2. The van der Waals surface area contributed by atoms with Crippen molar-refractivity contribution in [1.82, 2.24) is 9.55 Å². The topological polar surface area (TPSA) is 126 Å². The van der Waals surface area contributed by atoms with Crippen LogP contribution in [0.5, 0.6) is 0 Å². The van der Waals surface area contributed by atoms with Crippen LogP contribution in [0.4, 0.5) is 9.18 Å². The number of hydrogen-bond acceptors (Lipinski definition) is 8. The van der Waals surface area contributed by atoms with Gasteiger partial charge in [0.15, 0.2) is 18.9 Å². The molecular formula is C16H19FN2O8. The lowest BCUT2D eigenvalue weighted by Gasteiger charge is -2.24. The summed E-state index contributed by atoms with van der Waals surface area (Å²) in [4.78, 5) is 48.7. The Morgan fingerprint density at radius 3 is 2.67 bits per heavy atom. The molecule has 1 N–H and O–H groups in total. The molecule has 2 aliphatic heterocycles. The molecule has 27 heavy (non-hydrogen) atoms. The predicted molar refractivity (Wildman–Crippen MR) is 85.5 cm³/mol. The molecule has 0 unspecified atom stereocenters. The smallest absolute Gasteiger partial charge is 0.459 e. The van der Waals surface area contributed by atoms with Gasteiger partial charge in [-0.25, -0.2) is 14.0 Å². The Morgan fingerprint density at radius 2 is 2.04 bits per heavy atom. The maximum atomic E-state index is 15.4. The normalized spacial score (nSPS) is 29.3. The minimum atomic E-state index is -2.71. The Labute approximate surface area is 152 Å². The second kappa shape index (κ2) is 7.14. The highest BCUT2D eigenvalue weighted by Crippen LogP contribution is 2.44. The van der Waals surface area contributed by atoms with Crippen LogP contribution >= 0.6 is 0 Å². The van der Waals surface area contributed by atoms with Crippen molar-refractivity contribution in [2.45, 2.75) is 51.0 Å². The van der Waals surface area contributed by atoms with Gasteiger partial charge in [-0.15, -0.1) is 0 Å². The van der Waals surface area contributed by atoms with Gasteiger partial charge in [-0.1, -0.05) is 13.8 Å². The van der Waals surface area contributed by atoms with Crippen molar-refractivity contribution in [2.24, 2.45) is 5.92 Å². The average Bonchev–Trinajstić information content (AvgIpc) is 3.12. The third kappa shape index (κ3) is 3.46. The highest BCUT2D eigenvalue weighted by atomic mass is 19.2. The third-order valence-corrected chi connectivity index (χ3v) is 4.63. The zero-order chi connectivity index (χ0) is 19.8. The fraction of sp³-hybridized carbons (Fsp3) is 0.625. The van der Waals surface area contributed by atoms with E-state index in [0.717, 1.165) is 16.8 Å². The van der Waals surface area contributed by atoms with E-state index in [-0.39, 0.29) is 0 Å². The number of hydrogen-bond donors (Lipinski definition) is 1. The van der Waals surface area contributed by atoms with Crippen LogP contribution in [0.3, 0.4) is 0 Å². The number of esters is 1. The first-order valence-corrected chi connectivity index (χ1v) is 8.51. The molecule has 0 radical (unpaired) electrons. The molecule has 3 heterocycles. The van der Waals surface area contributed by atoms with Crippen molar-refractivity contribution < 1.29 is 32.9 Å². The predicted octanol–water partition coefficient (Wildman–Crippen LogP) is 0.615. The van der Waals surface area contributed by atoms with E-state index in [2.05, 4.69) is 0 Å². The first-order valence-electron chi connectivity index (χ1n) is 8.51. The van der Waals surface area contributed by atoms with Crippen molar-refractivity contribution in [3.05, 3.63) is 33.1 Å². The van der Waals surface area contributed by atoms with Crippen molar-refractivity contribution >= 4 is 12.1 Å². The number of ether oxygens (including phenoxy) is 4. The Hall–Kier alpha value is -2.69. The molecule has 2 fully saturated rings. The lowest BCUT2D eigenvalue weighted by molar-refractivity contribution is -0.220. The monoisotopic (exact) mass is 386 g/mol. The third-order valence-electron chi connectivity index (χ3n) is 4.63. The lowest BCUT2D eigenvalue weighted by atomic mass is 10.0. The number of nitrogens with zero attached hydrogens (tertiary/aromatic N) is 1. The van der Waals surface area contributed by atoms with Crippen molar-refractivity contribution in [2.75, 3.05) is 6.61 Å². The first-order chi connectivity index (χ1) is 12.8. The Morgan fingerprint density at radius 1 is 1.33 bits per heavy atom. The summed E-state index contributed by atoms with van der Waals surface area (Å²) < 4.78 is 36.3. The fourth-order valence-corrected chi connectivity index (χ4v) is 3.12. The molecule has 3 rings (SSSR count). The van der Waals surface area contributed by atoms with Crippen LogP contribution in [-0.4, -0.2) is 46.3 Å². The number of aromatic nitrogens is 2. The van der Waals surface area contributed by atoms with Gasteiger partial charge in [0.2, 0.25) is 6.10 Å². The number of aromatic amines is 1. The van der Waals surface area contributed by atoms with Gasteiger partial charge < -0.3 is 18.9 Å². The van der Waals surface area contributed by atoms with Gasteiger partial charge >= 0.3 is 17.8 Å². The summed E-state index contributed by atoms with van der Waals surface area (Å²) in [6.45, 7) is 2.76. The van der Waals surface area contributed by atoms with Gasteiger partial charge in [0.25, 0.3) is 11.4 Å². The van der Waals surface area contributed by atoms with E-state index in [4.69, 9.17) is 18.9 Å². The van der Waals surface area contributed by atoms with E-state index in [0.29, 0.717) is 12.8 Å². The van der Waals surface area contributed by atoms with Gasteiger partial charge in [-0.05, 0) is 12.8 Å². The van der Waals surface area contributed by atoms with E-state index in [1.807, 2.05) is 4.98 Å². The van der Waals surface area contributed by atoms with Crippen LogP contribution in [0.1, 0.15) is 32.9 Å². The maximum Gasteiger partial charge on any atom is 0.509 e. The number of fused-ring (bicyclic) bond motifs is 1. The van der Waals surface area contributed by atoms with Gasteiger partial charge in [-0.2, -0.15) is 0 Å². The molecule has 4 atom stereocenters. The fourth-order valence-electron chi connectivity index (χ4n) is 3.12. The number of nitrogens with one attached hydrogen (secondary N) is 1. The molecule has 148 valence electrons. The molecule has 0 aliphatic carbocycles. The Kier molecular flexibility index (Phi) is 5.05. The molecule has 0 amide bonds. The number of rotatable bonds is 6. The molecule has 11 heteroatoms. The summed E-state index contributed by atoms with van der Waals surface area (Å²) in [6.07, 6.45) is -3.24. The molecule has 2 aliphatic rings.